The molecular formula is C30H36N6O3. The first-order valence-electron chi connectivity index (χ1n) is 13.9. The molecule has 39 heavy (non-hydrogen) atoms. The lowest BCUT2D eigenvalue weighted by atomic mass is 9.85. The van der Waals surface area contributed by atoms with Crippen molar-refractivity contribution in [3.05, 3.63) is 59.9 Å². The van der Waals surface area contributed by atoms with E-state index in [1.165, 1.54) is 0 Å². The maximum Gasteiger partial charge on any atom is 0.272 e. The molecule has 2 bridgehead atoms. The van der Waals surface area contributed by atoms with Gasteiger partial charge in [-0.2, -0.15) is 0 Å². The highest BCUT2D eigenvalue weighted by molar-refractivity contribution is 6.00. The Morgan fingerprint density at radius 1 is 0.974 bits per heavy atom. The van der Waals surface area contributed by atoms with Gasteiger partial charge < -0.3 is 25.0 Å². The number of H-pyrrole nitrogens is 1. The third kappa shape index (κ3) is 4.75. The van der Waals surface area contributed by atoms with E-state index in [0.29, 0.717) is 24.5 Å². The van der Waals surface area contributed by atoms with E-state index in [4.69, 9.17) is 0 Å². The van der Waals surface area contributed by atoms with Crippen LogP contribution < -0.4 is 10.2 Å². The van der Waals surface area contributed by atoms with Crippen molar-refractivity contribution < 1.29 is 14.4 Å². The number of fused-ring (bicyclic) bond motifs is 3. The standard InChI is InChI=1S/C30H36N6O3/c1-30(2,3)26(33-27(37)24-15-19-9-4-5-10-22(19)31-24)29(39)36-18-20-16-21(36)17-35(20)28(38)23-11-8-12-25(32-23)34-13-6-7-14-34/h4-5,8-12,15,20-21,26,31H,6-7,13-14,16-18H2,1-3H3,(H,33,37)/t20-,21-,26+/m0/s1. The summed E-state index contributed by atoms with van der Waals surface area (Å²) in [5.41, 5.74) is 1.28. The molecular weight excluding hydrogens is 492 g/mol. The number of hydrogen-bond acceptors (Lipinski definition) is 5. The number of amides is 3. The predicted octanol–water partition coefficient (Wildman–Crippen LogP) is 3.43. The number of benzene rings is 1. The van der Waals surface area contributed by atoms with Crippen LogP contribution in [0.25, 0.3) is 10.9 Å². The highest BCUT2D eigenvalue weighted by Gasteiger charge is 2.50. The van der Waals surface area contributed by atoms with Crippen molar-refractivity contribution >= 4 is 34.4 Å². The lowest BCUT2D eigenvalue weighted by Crippen LogP contribution is -2.59. The van der Waals surface area contributed by atoms with Crippen molar-refractivity contribution in [3.63, 3.8) is 0 Å². The topological polar surface area (TPSA) is 102 Å². The van der Waals surface area contributed by atoms with Crippen LogP contribution in [0, 0.1) is 5.41 Å². The van der Waals surface area contributed by atoms with E-state index in [2.05, 4.69) is 20.2 Å². The van der Waals surface area contributed by atoms with E-state index < -0.39 is 11.5 Å². The third-order valence-corrected chi connectivity index (χ3v) is 8.33. The molecule has 3 aromatic rings. The molecule has 3 aliphatic heterocycles. The van der Waals surface area contributed by atoms with E-state index >= 15 is 0 Å². The summed E-state index contributed by atoms with van der Waals surface area (Å²) in [5, 5.41) is 3.95. The molecule has 0 unspecified atom stereocenters. The van der Waals surface area contributed by atoms with Crippen LogP contribution in [-0.4, -0.2) is 81.8 Å². The van der Waals surface area contributed by atoms with Gasteiger partial charge in [-0.3, -0.25) is 14.4 Å². The molecule has 5 heterocycles. The normalized spacial score (nSPS) is 21.6. The predicted molar refractivity (Wildman–Crippen MR) is 150 cm³/mol. The van der Waals surface area contributed by atoms with Crippen molar-refractivity contribution in [2.24, 2.45) is 5.41 Å². The van der Waals surface area contributed by atoms with Gasteiger partial charge in [0.05, 0.1) is 12.1 Å². The second-order valence-electron chi connectivity index (χ2n) is 12.1. The summed E-state index contributed by atoms with van der Waals surface area (Å²) in [6.07, 6.45) is 3.05. The zero-order chi connectivity index (χ0) is 27.3. The molecule has 9 heteroatoms. The lowest BCUT2D eigenvalue weighted by molar-refractivity contribution is -0.138. The first-order chi connectivity index (χ1) is 18.7. The first-order valence-corrected chi connectivity index (χ1v) is 13.9. The lowest BCUT2D eigenvalue weighted by Gasteiger charge is -2.39. The van der Waals surface area contributed by atoms with Gasteiger partial charge in [0, 0.05) is 37.1 Å². The Kier molecular flexibility index (Phi) is 6.32. The van der Waals surface area contributed by atoms with Gasteiger partial charge >= 0.3 is 0 Å². The molecule has 1 aromatic carbocycles. The number of nitrogens with zero attached hydrogens (tertiary/aromatic N) is 4. The smallest absolute Gasteiger partial charge is 0.272 e. The summed E-state index contributed by atoms with van der Waals surface area (Å²) >= 11 is 0. The van der Waals surface area contributed by atoms with Gasteiger partial charge in [0.25, 0.3) is 11.8 Å². The Morgan fingerprint density at radius 2 is 1.69 bits per heavy atom. The van der Waals surface area contributed by atoms with Gasteiger partial charge in [-0.25, -0.2) is 4.98 Å². The Bertz CT molecular complexity index is 1390. The summed E-state index contributed by atoms with van der Waals surface area (Å²) in [4.78, 5) is 54.3. The highest BCUT2D eigenvalue weighted by atomic mass is 16.2. The van der Waals surface area contributed by atoms with E-state index in [1.807, 2.05) is 73.0 Å². The van der Waals surface area contributed by atoms with Gasteiger partial charge in [-0.1, -0.05) is 45.0 Å². The fourth-order valence-electron chi connectivity index (χ4n) is 6.22. The summed E-state index contributed by atoms with van der Waals surface area (Å²) in [6, 6.07) is 14.4. The number of carbonyl (C=O) groups is 3. The minimum Gasteiger partial charge on any atom is -0.357 e. The van der Waals surface area contributed by atoms with Gasteiger partial charge in [0.15, 0.2) is 0 Å². The van der Waals surface area contributed by atoms with Gasteiger partial charge in [0.1, 0.15) is 23.2 Å². The highest BCUT2D eigenvalue weighted by Crippen LogP contribution is 2.34. The van der Waals surface area contributed by atoms with Crippen molar-refractivity contribution in [2.75, 3.05) is 31.1 Å². The summed E-state index contributed by atoms with van der Waals surface area (Å²) in [6.45, 7) is 8.79. The van der Waals surface area contributed by atoms with Crippen molar-refractivity contribution in [1.82, 2.24) is 25.1 Å². The second-order valence-corrected chi connectivity index (χ2v) is 12.1. The van der Waals surface area contributed by atoms with Crippen molar-refractivity contribution in [2.45, 2.75) is 58.2 Å². The number of aromatic nitrogens is 2. The Morgan fingerprint density at radius 3 is 2.38 bits per heavy atom. The number of rotatable bonds is 5. The number of anilines is 1. The van der Waals surface area contributed by atoms with E-state index in [1.54, 1.807) is 6.07 Å². The number of likely N-dealkylation sites (tertiary alicyclic amines) is 2. The summed E-state index contributed by atoms with van der Waals surface area (Å²) in [5.74, 6) is 0.388. The fraction of sp³-hybridized carbons (Fsp3) is 0.467. The quantitative estimate of drug-likeness (QED) is 0.528. The van der Waals surface area contributed by atoms with Gasteiger partial charge in [0.2, 0.25) is 5.91 Å². The minimum absolute atomic E-state index is 0.0475. The number of carbonyl (C=O) groups excluding carboxylic acids is 3. The largest absolute Gasteiger partial charge is 0.357 e. The zero-order valence-corrected chi connectivity index (χ0v) is 22.8. The summed E-state index contributed by atoms with van der Waals surface area (Å²) in [7, 11) is 0. The number of para-hydroxylation sites is 1. The Labute approximate surface area is 228 Å². The molecule has 0 radical (unpaired) electrons. The molecule has 2 aromatic heterocycles. The average Bonchev–Trinajstić information content (AvgIpc) is 3.73. The maximum absolute atomic E-state index is 13.8. The SMILES string of the molecule is CC(C)(C)[C@H](NC(=O)c1cc2ccccc2[nH]1)C(=O)N1C[C@@H]2C[C@H]1CN2C(=O)c1cccc(N2CCCC2)n1. The third-order valence-electron chi connectivity index (χ3n) is 8.33. The minimum atomic E-state index is -0.696. The molecule has 0 saturated carbocycles. The Balaban J connectivity index is 1.14. The first kappa shape index (κ1) is 25.4. The molecule has 3 fully saturated rings. The van der Waals surface area contributed by atoms with Crippen LogP contribution in [0.2, 0.25) is 0 Å². The molecule has 3 amide bonds. The van der Waals surface area contributed by atoms with Crippen LogP contribution in [0.4, 0.5) is 5.82 Å². The van der Waals surface area contributed by atoms with Crippen LogP contribution in [-0.2, 0) is 4.79 Å². The molecule has 3 atom stereocenters. The van der Waals surface area contributed by atoms with E-state index in [-0.39, 0.29) is 29.8 Å². The summed E-state index contributed by atoms with van der Waals surface area (Å²) < 4.78 is 0. The second kappa shape index (κ2) is 9.70. The van der Waals surface area contributed by atoms with E-state index in [9.17, 15) is 14.4 Å². The molecule has 3 aliphatic rings. The number of aromatic amines is 1. The Hall–Kier alpha value is -3.88. The molecule has 2 N–H and O–H groups in total. The molecule has 204 valence electrons. The monoisotopic (exact) mass is 528 g/mol. The van der Waals surface area contributed by atoms with Gasteiger partial charge in [-0.05, 0) is 48.9 Å². The molecule has 0 spiro atoms. The van der Waals surface area contributed by atoms with Crippen molar-refractivity contribution in [1.29, 1.82) is 0 Å². The zero-order valence-electron chi connectivity index (χ0n) is 22.8. The average molecular weight is 529 g/mol. The van der Waals surface area contributed by atoms with Crippen LogP contribution in [0.15, 0.2) is 48.5 Å². The number of nitrogens with one attached hydrogen (secondary N) is 2. The molecule has 6 rings (SSSR count). The van der Waals surface area contributed by atoms with E-state index in [0.717, 1.165) is 49.1 Å². The molecule has 3 saturated heterocycles. The maximum atomic E-state index is 13.8. The van der Waals surface area contributed by atoms with Crippen molar-refractivity contribution in [3.8, 4) is 0 Å². The van der Waals surface area contributed by atoms with Gasteiger partial charge in [-0.15, -0.1) is 0 Å². The van der Waals surface area contributed by atoms with Crippen LogP contribution in [0.3, 0.4) is 0 Å². The number of pyridine rings is 1. The van der Waals surface area contributed by atoms with Crippen LogP contribution >= 0.6 is 0 Å². The molecule has 9 nitrogen and oxygen atoms in total. The number of hydrogen-bond donors (Lipinski definition) is 2. The number of piperazine rings is 1. The van der Waals surface area contributed by atoms with Crippen LogP contribution in [0.1, 0.15) is 61.0 Å². The van der Waals surface area contributed by atoms with Crippen LogP contribution in [0.5, 0.6) is 0 Å². The molecule has 0 aliphatic carbocycles. The fourth-order valence-corrected chi connectivity index (χ4v) is 6.22.